The highest BCUT2D eigenvalue weighted by Crippen LogP contribution is 2.36. The second kappa shape index (κ2) is 10.3. The third-order valence-corrected chi connectivity index (χ3v) is 5.86. The van der Waals surface area contributed by atoms with E-state index in [4.69, 9.17) is 38.0 Å². The zero-order valence-electron chi connectivity index (χ0n) is 15.3. The van der Waals surface area contributed by atoms with E-state index in [1.807, 2.05) is 24.3 Å². The Bertz CT molecular complexity index is 925. The van der Waals surface area contributed by atoms with Gasteiger partial charge in [-0.2, -0.15) is 10.1 Å². The average molecular weight is 516 g/mol. The van der Waals surface area contributed by atoms with E-state index >= 15 is 0 Å². The van der Waals surface area contributed by atoms with Gasteiger partial charge in [-0.1, -0.05) is 51.5 Å². The first-order chi connectivity index (χ1) is 14.0. The van der Waals surface area contributed by atoms with Crippen molar-refractivity contribution in [1.29, 1.82) is 0 Å². The van der Waals surface area contributed by atoms with Crippen molar-refractivity contribution in [2.24, 2.45) is 5.10 Å². The number of benzene rings is 2. The molecule has 0 radical (unpaired) electrons. The maximum atomic E-state index is 11.7. The van der Waals surface area contributed by atoms with Crippen molar-refractivity contribution in [2.75, 3.05) is 26.1 Å². The van der Waals surface area contributed by atoms with Crippen molar-refractivity contribution < 1.29 is 19.0 Å². The number of hydrogen-bond donors (Lipinski definition) is 0. The van der Waals surface area contributed by atoms with Crippen molar-refractivity contribution in [3.05, 3.63) is 51.5 Å². The average Bonchev–Trinajstić information content (AvgIpc) is 3.03. The number of methoxy groups -OCH3 is 1. The Kier molecular flexibility index (Phi) is 7.77. The first-order valence-corrected chi connectivity index (χ1v) is 11.0. The van der Waals surface area contributed by atoms with Gasteiger partial charge in [-0.15, -0.1) is 0 Å². The number of hydrogen-bond acceptors (Lipinski definition) is 7. The van der Waals surface area contributed by atoms with E-state index in [2.05, 4.69) is 21.0 Å². The summed E-state index contributed by atoms with van der Waals surface area (Å²) < 4.78 is 18.2. The zero-order chi connectivity index (χ0) is 20.8. The molecule has 1 aliphatic rings. The zero-order valence-corrected chi connectivity index (χ0v) is 19.2. The molecule has 1 amide bonds. The van der Waals surface area contributed by atoms with Gasteiger partial charge in [0.05, 0.1) is 24.1 Å². The Labute approximate surface area is 191 Å². The van der Waals surface area contributed by atoms with Crippen molar-refractivity contribution in [3.8, 4) is 17.2 Å². The molecule has 0 saturated carbocycles. The van der Waals surface area contributed by atoms with Crippen LogP contribution in [0.2, 0.25) is 5.02 Å². The monoisotopic (exact) mass is 514 g/mol. The molecule has 0 atom stereocenters. The van der Waals surface area contributed by atoms with Gasteiger partial charge in [0.2, 0.25) is 0 Å². The summed E-state index contributed by atoms with van der Waals surface area (Å²) in [6, 6.07) is 10.9. The highest BCUT2D eigenvalue weighted by Gasteiger charge is 2.26. The van der Waals surface area contributed by atoms with Crippen LogP contribution in [0.15, 0.2) is 46.0 Å². The van der Waals surface area contributed by atoms with Gasteiger partial charge in [-0.25, -0.2) is 0 Å². The fraction of sp³-hybridized carbons (Fsp3) is 0.211. The fourth-order valence-corrected chi connectivity index (χ4v) is 3.88. The largest absolute Gasteiger partial charge is 0.493 e. The fourth-order valence-electron chi connectivity index (χ4n) is 2.37. The quantitative estimate of drug-likeness (QED) is 0.287. The van der Waals surface area contributed by atoms with Crippen LogP contribution in [0.25, 0.3) is 0 Å². The number of carbonyl (C=O) groups excluding carboxylic acids is 1. The Morgan fingerprint density at radius 3 is 2.66 bits per heavy atom. The first-order valence-electron chi connectivity index (χ1n) is 8.40. The molecule has 0 aliphatic carbocycles. The molecule has 1 aliphatic heterocycles. The lowest BCUT2D eigenvalue weighted by atomic mass is 10.2. The van der Waals surface area contributed by atoms with E-state index in [0.29, 0.717) is 38.8 Å². The van der Waals surface area contributed by atoms with Crippen LogP contribution in [0.1, 0.15) is 5.56 Å². The molecule has 0 spiro atoms. The summed E-state index contributed by atoms with van der Waals surface area (Å²) in [5.41, 5.74) is 0.651. The molecule has 3 rings (SSSR count). The number of thiocarbonyl (C=S) groups is 1. The number of nitrogens with zero attached hydrogens (tertiary/aromatic N) is 2. The third-order valence-electron chi connectivity index (χ3n) is 3.71. The molecule has 1 fully saturated rings. The van der Waals surface area contributed by atoms with Crippen LogP contribution in [0.4, 0.5) is 0 Å². The first kappa shape index (κ1) is 21.9. The second-order valence-corrected chi connectivity index (χ2v) is 8.62. The number of halogens is 2. The van der Waals surface area contributed by atoms with Crippen LogP contribution >= 0.6 is 51.5 Å². The van der Waals surface area contributed by atoms with Crippen molar-refractivity contribution in [2.45, 2.75) is 0 Å². The van der Waals surface area contributed by atoms with E-state index in [1.54, 1.807) is 12.1 Å². The number of amides is 1. The van der Waals surface area contributed by atoms with Crippen LogP contribution in [0.3, 0.4) is 0 Å². The number of hydrazone groups is 1. The molecule has 0 bridgehead atoms. The van der Waals surface area contributed by atoms with Crippen LogP contribution in [0.5, 0.6) is 17.2 Å². The minimum Gasteiger partial charge on any atom is -0.493 e. The topological polar surface area (TPSA) is 60.4 Å². The molecule has 1 heterocycles. The summed E-state index contributed by atoms with van der Waals surface area (Å²) in [6.07, 6.45) is 1.50. The van der Waals surface area contributed by atoms with Gasteiger partial charge in [0.1, 0.15) is 19.0 Å². The molecule has 0 N–H and O–H groups in total. The van der Waals surface area contributed by atoms with Gasteiger partial charge in [-0.05, 0) is 42.0 Å². The summed E-state index contributed by atoms with van der Waals surface area (Å²) in [5, 5.41) is 5.69. The molecule has 0 unspecified atom stereocenters. The Morgan fingerprint density at radius 1 is 1.28 bits per heavy atom. The lowest BCUT2D eigenvalue weighted by Gasteiger charge is -2.14. The molecule has 6 nitrogen and oxygen atoms in total. The molecule has 0 aromatic heterocycles. The van der Waals surface area contributed by atoms with E-state index < -0.39 is 0 Å². The summed E-state index contributed by atoms with van der Waals surface area (Å²) >= 11 is 16.1. The Morgan fingerprint density at radius 2 is 2.00 bits per heavy atom. The Balaban J connectivity index is 1.62. The lowest BCUT2D eigenvalue weighted by molar-refractivity contribution is -0.123. The molecule has 2 aromatic carbocycles. The van der Waals surface area contributed by atoms with Gasteiger partial charge in [0.15, 0.2) is 15.8 Å². The van der Waals surface area contributed by atoms with Gasteiger partial charge >= 0.3 is 0 Å². The molecule has 10 heteroatoms. The predicted octanol–water partition coefficient (Wildman–Crippen LogP) is 4.76. The Hall–Kier alpha value is -1.81. The van der Waals surface area contributed by atoms with Crippen molar-refractivity contribution in [1.82, 2.24) is 5.01 Å². The number of rotatable bonds is 8. The molecule has 2 aromatic rings. The molecular weight excluding hydrogens is 500 g/mol. The van der Waals surface area contributed by atoms with Gasteiger partial charge in [-0.3, -0.25) is 4.79 Å². The number of ether oxygens (including phenoxy) is 3. The van der Waals surface area contributed by atoms with Crippen LogP contribution in [-0.2, 0) is 4.79 Å². The van der Waals surface area contributed by atoms with Crippen LogP contribution in [0, 0.1) is 0 Å². The van der Waals surface area contributed by atoms with E-state index in [9.17, 15) is 4.79 Å². The molecular formula is C19H16BrClN2O4S2. The maximum absolute atomic E-state index is 11.7. The highest BCUT2D eigenvalue weighted by atomic mass is 79.9. The second-order valence-electron chi connectivity index (χ2n) is 5.69. The van der Waals surface area contributed by atoms with Gasteiger partial charge in [0.25, 0.3) is 5.91 Å². The summed E-state index contributed by atoms with van der Waals surface area (Å²) in [5.74, 6) is 1.75. The summed E-state index contributed by atoms with van der Waals surface area (Å²) in [7, 11) is 1.52. The summed E-state index contributed by atoms with van der Waals surface area (Å²) in [4.78, 5) is 11.7. The van der Waals surface area contributed by atoms with Gasteiger partial charge in [0, 0.05) is 4.47 Å². The van der Waals surface area contributed by atoms with E-state index in [0.717, 1.165) is 10.2 Å². The van der Waals surface area contributed by atoms with Crippen molar-refractivity contribution in [3.63, 3.8) is 0 Å². The number of carbonyl (C=O) groups is 1. The van der Waals surface area contributed by atoms with Gasteiger partial charge < -0.3 is 14.2 Å². The van der Waals surface area contributed by atoms with E-state index in [1.165, 1.54) is 30.1 Å². The highest BCUT2D eigenvalue weighted by molar-refractivity contribution is 9.10. The maximum Gasteiger partial charge on any atom is 0.259 e. The molecule has 1 saturated heterocycles. The van der Waals surface area contributed by atoms with Crippen molar-refractivity contribution >= 4 is 68.0 Å². The number of thioether (sulfide) groups is 1. The lowest BCUT2D eigenvalue weighted by Crippen LogP contribution is -2.22. The molecule has 152 valence electrons. The minimum atomic E-state index is -0.153. The minimum absolute atomic E-state index is 0.153. The SMILES string of the molecule is COc1cc(C=NN2C(=O)CSC2=S)cc(Cl)c1OCCOc1ccc(Br)cc1. The van der Waals surface area contributed by atoms with E-state index in [-0.39, 0.29) is 12.5 Å². The molecule has 29 heavy (non-hydrogen) atoms. The summed E-state index contributed by atoms with van der Waals surface area (Å²) in [6.45, 7) is 0.629. The van der Waals surface area contributed by atoms with Crippen LogP contribution in [-0.4, -0.2) is 47.5 Å². The smallest absolute Gasteiger partial charge is 0.259 e. The third kappa shape index (κ3) is 5.85. The predicted molar refractivity (Wildman–Crippen MR) is 123 cm³/mol. The standard InChI is InChI=1S/C19H16BrClN2O4S2/c1-25-16-9-12(10-22-23-17(24)11-29-19(23)28)8-15(21)18(16)27-7-6-26-14-4-2-13(20)3-5-14/h2-5,8-10H,6-7,11H2,1H3. The normalized spacial score (nSPS) is 14.0. The van der Waals surface area contributed by atoms with Crippen LogP contribution < -0.4 is 14.2 Å².